The number of carbonyl (C=O) groups is 1. The first-order chi connectivity index (χ1) is 11.5. The lowest BCUT2D eigenvalue weighted by atomic mass is 10.1. The molecule has 0 unspecified atom stereocenters. The van der Waals surface area contributed by atoms with E-state index in [2.05, 4.69) is 21.0 Å². The van der Waals surface area contributed by atoms with Crippen molar-refractivity contribution in [3.8, 4) is 5.75 Å². The van der Waals surface area contributed by atoms with Crippen molar-refractivity contribution < 1.29 is 9.53 Å². The lowest BCUT2D eigenvalue weighted by Crippen LogP contribution is -2.21. The third kappa shape index (κ3) is 3.23. The Morgan fingerprint density at radius 2 is 2.04 bits per heavy atom. The Kier molecular flexibility index (Phi) is 4.73. The minimum atomic E-state index is -0.197. The predicted octanol–water partition coefficient (Wildman–Crippen LogP) is 4.92. The first kappa shape index (κ1) is 16.7. The summed E-state index contributed by atoms with van der Waals surface area (Å²) in [5.41, 5.74) is 2.60. The van der Waals surface area contributed by atoms with Crippen LogP contribution in [0.5, 0.6) is 5.75 Å². The molecule has 3 rings (SSSR count). The van der Waals surface area contributed by atoms with Gasteiger partial charge in [0.15, 0.2) is 0 Å². The van der Waals surface area contributed by atoms with E-state index in [4.69, 9.17) is 16.3 Å². The molecule has 0 saturated heterocycles. The van der Waals surface area contributed by atoms with Gasteiger partial charge < -0.3 is 4.74 Å². The van der Waals surface area contributed by atoms with Crippen molar-refractivity contribution in [2.45, 2.75) is 6.92 Å². The van der Waals surface area contributed by atoms with Gasteiger partial charge in [0.25, 0.3) is 5.91 Å². The van der Waals surface area contributed by atoms with Gasteiger partial charge in [-0.15, -0.1) is 0 Å². The number of carbonyl (C=O) groups excluding carboxylic acids is 1. The summed E-state index contributed by atoms with van der Waals surface area (Å²) >= 11 is 9.44. The van der Waals surface area contributed by atoms with Crippen LogP contribution in [-0.2, 0) is 4.79 Å². The van der Waals surface area contributed by atoms with Crippen molar-refractivity contribution in [3.05, 3.63) is 63.1 Å². The number of amides is 1. The lowest BCUT2D eigenvalue weighted by Gasteiger charge is -2.12. The van der Waals surface area contributed by atoms with Crippen LogP contribution in [0.25, 0.3) is 6.08 Å². The van der Waals surface area contributed by atoms with E-state index in [1.807, 2.05) is 18.2 Å². The number of ether oxygens (including phenoxy) is 1. The molecule has 0 saturated carbocycles. The smallest absolute Gasteiger partial charge is 0.280 e. The molecule has 2 aromatic carbocycles. The summed E-state index contributed by atoms with van der Waals surface area (Å²) in [5, 5.41) is 6.27. The maximum atomic E-state index is 12.8. The average Bonchev–Trinajstić information content (AvgIpc) is 2.83. The van der Waals surface area contributed by atoms with Gasteiger partial charge in [0.05, 0.1) is 24.1 Å². The highest BCUT2D eigenvalue weighted by atomic mass is 79.9. The Bertz CT molecular complexity index is 877. The molecule has 0 bridgehead atoms. The molecule has 1 amide bonds. The highest BCUT2D eigenvalue weighted by Crippen LogP contribution is 2.30. The molecule has 1 aliphatic heterocycles. The van der Waals surface area contributed by atoms with Gasteiger partial charge in [-0.25, -0.2) is 0 Å². The Labute approximate surface area is 153 Å². The molecular weight excluding hydrogens is 392 g/mol. The molecule has 0 radical (unpaired) electrons. The fourth-order valence-corrected chi connectivity index (χ4v) is 3.00. The summed E-state index contributed by atoms with van der Waals surface area (Å²) in [6, 6.07) is 12.7. The molecule has 0 aromatic heterocycles. The van der Waals surface area contributed by atoms with E-state index < -0.39 is 0 Å². The van der Waals surface area contributed by atoms with Crippen molar-refractivity contribution in [2.24, 2.45) is 5.10 Å². The first-order valence-corrected chi connectivity index (χ1v) is 8.37. The summed E-state index contributed by atoms with van der Waals surface area (Å²) in [6.45, 7) is 1.80. The molecule has 2 aromatic rings. The molecule has 122 valence electrons. The van der Waals surface area contributed by atoms with E-state index >= 15 is 0 Å². The zero-order valence-electron chi connectivity index (χ0n) is 13.1. The summed E-state index contributed by atoms with van der Waals surface area (Å²) in [6.07, 6.45) is 1.79. The van der Waals surface area contributed by atoms with Gasteiger partial charge in [-0.1, -0.05) is 33.6 Å². The zero-order chi connectivity index (χ0) is 17.3. The van der Waals surface area contributed by atoms with Gasteiger partial charge in [-0.3, -0.25) is 4.79 Å². The average molecular weight is 406 g/mol. The fraction of sp³-hybridized carbons (Fsp3) is 0.111. The van der Waals surface area contributed by atoms with Gasteiger partial charge in [0.1, 0.15) is 5.75 Å². The number of anilines is 1. The summed E-state index contributed by atoms with van der Waals surface area (Å²) in [4.78, 5) is 12.8. The molecule has 0 fully saturated rings. The van der Waals surface area contributed by atoms with Gasteiger partial charge in [-0.2, -0.15) is 10.1 Å². The minimum Gasteiger partial charge on any atom is -0.496 e. The number of hydrazone groups is 1. The summed E-state index contributed by atoms with van der Waals surface area (Å²) in [7, 11) is 1.60. The molecule has 1 heterocycles. The largest absolute Gasteiger partial charge is 0.496 e. The number of nitrogens with zero attached hydrogens (tertiary/aromatic N) is 2. The second-order valence-electron chi connectivity index (χ2n) is 5.23. The van der Waals surface area contributed by atoms with Crippen LogP contribution in [0.15, 0.2) is 57.6 Å². The van der Waals surface area contributed by atoms with Crippen molar-refractivity contribution >= 4 is 50.9 Å². The lowest BCUT2D eigenvalue weighted by molar-refractivity contribution is -0.114. The molecule has 1 aliphatic rings. The van der Waals surface area contributed by atoms with Crippen LogP contribution in [0.4, 0.5) is 5.69 Å². The Hall–Kier alpha value is -2.11. The molecule has 4 nitrogen and oxygen atoms in total. The van der Waals surface area contributed by atoms with Crippen LogP contribution in [0, 0.1) is 0 Å². The number of halogens is 2. The standard InChI is InChI=1S/C18H14BrClN2O2/c1-11-16(9-12-8-13(19)6-7-17(12)24-2)18(23)22(21-11)15-5-3-4-14(20)10-15/h3-10H,1-2H3/b16-9-. The van der Waals surface area contributed by atoms with Crippen molar-refractivity contribution in [3.63, 3.8) is 0 Å². The first-order valence-electron chi connectivity index (χ1n) is 7.20. The van der Waals surface area contributed by atoms with E-state index in [1.54, 1.807) is 44.4 Å². The number of methoxy groups -OCH3 is 1. The van der Waals surface area contributed by atoms with E-state index in [0.29, 0.717) is 27.7 Å². The highest BCUT2D eigenvalue weighted by molar-refractivity contribution is 9.10. The van der Waals surface area contributed by atoms with Crippen molar-refractivity contribution in [1.82, 2.24) is 0 Å². The monoisotopic (exact) mass is 404 g/mol. The predicted molar refractivity (Wildman–Crippen MR) is 101 cm³/mol. The molecule has 0 N–H and O–H groups in total. The van der Waals surface area contributed by atoms with E-state index in [1.165, 1.54) is 5.01 Å². The van der Waals surface area contributed by atoms with Crippen LogP contribution < -0.4 is 9.75 Å². The maximum Gasteiger partial charge on any atom is 0.280 e. The molecule has 24 heavy (non-hydrogen) atoms. The Morgan fingerprint density at radius 3 is 2.75 bits per heavy atom. The van der Waals surface area contributed by atoms with Crippen LogP contribution >= 0.6 is 27.5 Å². The normalized spacial score (nSPS) is 15.8. The van der Waals surface area contributed by atoms with Gasteiger partial charge in [0, 0.05) is 15.1 Å². The van der Waals surface area contributed by atoms with E-state index in [-0.39, 0.29) is 5.91 Å². The van der Waals surface area contributed by atoms with E-state index in [9.17, 15) is 4.79 Å². The molecule has 0 aliphatic carbocycles. The Morgan fingerprint density at radius 1 is 1.25 bits per heavy atom. The Balaban J connectivity index is 2.01. The molecular formula is C18H14BrClN2O2. The maximum absolute atomic E-state index is 12.8. The quantitative estimate of drug-likeness (QED) is 0.680. The van der Waals surface area contributed by atoms with E-state index in [0.717, 1.165) is 10.0 Å². The van der Waals surface area contributed by atoms with Crippen molar-refractivity contribution in [1.29, 1.82) is 0 Å². The third-order valence-electron chi connectivity index (χ3n) is 3.61. The zero-order valence-corrected chi connectivity index (χ0v) is 15.4. The molecule has 0 spiro atoms. The topological polar surface area (TPSA) is 41.9 Å². The number of benzene rings is 2. The van der Waals surface area contributed by atoms with Crippen LogP contribution in [0.3, 0.4) is 0 Å². The fourth-order valence-electron chi connectivity index (χ4n) is 2.44. The summed E-state index contributed by atoms with van der Waals surface area (Å²) in [5.74, 6) is 0.490. The minimum absolute atomic E-state index is 0.197. The van der Waals surface area contributed by atoms with Gasteiger partial charge in [-0.05, 0) is 49.4 Å². The van der Waals surface area contributed by atoms with Gasteiger partial charge >= 0.3 is 0 Å². The van der Waals surface area contributed by atoms with Crippen LogP contribution in [0.2, 0.25) is 5.02 Å². The van der Waals surface area contributed by atoms with Crippen molar-refractivity contribution in [2.75, 3.05) is 12.1 Å². The highest BCUT2D eigenvalue weighted by Gasteiger charge is 2.29. The number of hydrogen-bond donors (Lipinski definition) is 0. The molecule has 6 heteroatoms. The number of hydrogen-bond acceptors (Lipinski definition) is 3. The van der Waals surface area contributed by atoms with Gasteiger partial charge in [0.2, 0.25) is 0 Å². The van der Waals surface area contributed by atoms with Crippen LogP contribution in [0.1, 0.15) is 12.5 Å². The second-order valence-corrected chi connectivity index (χ2v) is 6.58. The summed E-state index contributed by atoms with van der Waals surface area (Å²) < 4.78 is 6.27. The second kappa shape index (κ2) is 6.79. The SMILES string of the molecule is COc1ccc(Br)cc1/C=C1\C(=O)N(c2cccc(Cl)c2)N=C1C. The molecule has 0 atom stereocenters. The van der Waals surface area contributed by atoms with Crippen LogP contribution in [-0.4, -0.2) is 18.7 Å². The third-order valence-corrected chi connectivity index (χ3v) is 4.34. The number of rotatable bonds is 3.